The zero-order valence-electron chi connectivity index (χ0n) is 9.29. The Balaban J connectivity index is 2.88. The first kappa shape index (κ1) is 11.7. The molecule has 0 aromatic rings. The van der Waals surface area contributed by atoms with Crippen LogP contribution in [-0.2, 0) is 14.3 Å². The smallest absolute Gasteiger partial charge is 0.348 e. The molecule has 0 aliphatic carbocycles. The zero-order chi connectivity index (χ0) is 11.5. The third kappa shape index (κ3) is 2.80. The number of ether oxygens (including phenoxy) is 2. The normalized spacial score (nSPS) is 22.0. The molecule has 4 nitrogen and oxygen atoms in total. The van der Waals surface area contributed by atoms with Crippen molar-refractivity contribution in [3.63, 3.8) is 0 Å². The van der Waals surface area contributed by atoms with Crippen LogP contribution in [0.4, 0.5) is 0 Å². The topological polar surface area (TPSA) is 59.3 Å². The minimum Gasteiger partial charge on any atom is -0.462 e. The first-order chi connectivity index (χ1) is 7.00. The summed E-state index contributed by atoms with van der Waals surface area (Å²) in [5, 5.41) is 8.89. The lowest BCUT2D eigenvalue weighted by Crippen LogP contribution is -2.16. The van der Waals surface area contributed by atoms with Crippen LogP contribution < -0.4 is 0 Å². The monoisotopic (exact) mass is 209 g/mol. The highest BCUT2D eigenvalue weighted by molar-refractivity contribution is 5.93. The predicted molar refractivity (Wildman–Crippen MR) is 53.9 cm³/mol. The van der Waals surface area contributed by atoms with Crippen molar-refractivity contribution in [2.24, 2.45) is 0 Å². The number of esters is 1. The Labute approximate surface area is 89.5 Å². The predicted octanol–water partition coefficient (Wildman–Crippen LogP) is 1.57. The minimum absolute atomic E-state index is 0.0995. The molecule has 0 saturated carbocycles. The van der Waals surface area contributed by atoms with Gasteiger partial charge in [0.15, 0.2) is 0 Å². The summed E-state index contributed by atoms with van der Waals surface area (Å²) >= 11 is 0. The van der Waals surface area contributed by atoms with E-state index in [0.29, 0.717) is 13.0 Å². The average molecular weight is 209 g/mol. The second-order valence-electron chi connectivity index (χ2n) is 4.04. The van der Waals surface area contributed by atoms with Crippen LogP contribution in [0.25, 0.3) is 0 Å². The second-order valence-corrected chi connectivity index (χ2v) is 4.04. The van der Waals surface area contributed by atoms with Crippen LogP contribution in [0, 0.1) is 11.3 Å². The number of nitrogens with zero attached hydrogens (tertiary/aromatic N) is 1. The standard InChI is InChI=1S/C11H15NO3/c1-4-14-10(13)9(6-12)8-5-11(2,3)15-7-8/h4-5,7H2,1-3H3/b9-8+. The van der Waals surface area contributed by atoms with Gasteiger partial charge in [0, 0.05) is 6.42 Å². The van der Waals surface area contributed by atoms with Crippen molar-refractivity contribution in [1.29, 1.82) is 5.26 Å². The van der Waals surface area contributed by atoms with Gasteiger partial charge in [0.05, 0.1) is 18.8 Å². The maximum Gasteiger partial charge on any atom is 0.348 e. The van der Waals surface area contributed by atoms with E-state index in [-0.39, 0.29) is 17.8 Å². The van der Waals surface area contributed by atoms with E-state index in [9.17, 15) is 4.79 Å². The Bertz CT molecular complexity index is 336. The maximum atomic E-state index is 11.4. The van der Waals surface area contributed by atoms with E-state index >= 15 is 0 Å². The van der Waals surface area contributed by atoms with Crippen LogP contribution >= 0.6 is 0 Å². The number of hydrogen-bond donors (Lipinski definition) is 0. The molecule has 1 aliphatic heterocycles. The lowest BCUT2D eigenvalue weighted by Gasteiger charge is -2.14. The summed E-state index contributed by atoms with van der Waals surface area (Å²) in [5.74, 6) is -0.545. The van der Waals surface area contributed by atoms with Gasteiger partial charge in [0.25, 0.3) is 0 Å². The number of carbonyl (C=O) groups is 1. The van der Waals surface area contributed by atoms with Crippen molar-refractivity contribution in [1.82, 2.24) is 0 Å². The SMILES string of the molecule is CCOC(=O)/C(C#N)=C1/COC(C)(C)C1. The highest BCUT2D eigenvalue weighted by Gasteiger charge is 2.31. The Kier molecular flexibility index (Phi) is 3.48. The molecule has 1 aliphatic rings. The molecule has 1 saturated heterocycles. The Morgan fingerprint density at radius 1 is 1.67 bits per heavy atom. The number of carbonyl (C=O) groups excluding carboxylic acids is 1. The molecule has 0 N–H and O–H groups in total. The van der Waals surface area contributed by atoms with Gasteiger partial charge in [0.1, 0.15) is 11.6 Å². The summed E-state index contributed by atoms with van der Waals surface area (Å²) in [4.78, 5) is 11.4. The fraction of sp³-hybridized carbons (Fsp3) is 0.636. The molecular formula is C11H15NO3. The second kappa shape index (κ2) is 4.45. The van der Waals surface area contributed by atoms with Gasteiger partial charge in [-0.05, 0) is 26.3 Å². The third-order valence-corrected chi connectivity index (χ3v) is 2.22. The molecule has 1 fully saturated rings. The van der Waals surface area contributed by atoms with Crippen molar-refractivity contribution in [3.05, 3.63) is 11.1 Å². The van der Waals surface area contributed by atoms with Crippen molar-refractivity contribution in [2.75, 3.05) is 13.2 Å². The van der Waals surface area contributed by atoms with Gasteiger partial charge < -0.3 is 9.47 Å². The molecular weight excluding hydrogens is 194 g/mol. The maximum absolute atomic E-state index is 11.4. The van der Waals surface area contributed by atoms with E-state index in [2.05, 4.69) is 0 Å². The van der Waals surface area contributed by atoms with Crippen molar-refractivity contribution in [2.45, 2.75) is 32.8 Å². The molecule has 0 aromatic carbocycles. The molecule has 0 bridgehead atoms. The van der Waals surface area contributed by atoms with E-state index in [1.54, 1.807) is 6.92 Å². The van der Waals surface area contributed by atoms with Crippen LogP contribution in [0.2, 0.25) is 0 Å². The number of hydrogen-bond acceptors (Lipinski definition) is 4. The Morgan fingerprint density at radius 2 is 2.33 bits per heavy atom. The summed E-state index contributed by atoms with van der Waals surface area (Å²) < 4.78 is 10.2. The lowest BCUT2D eigenvalue weighted by atomic mass is 9.99. The molecule has 15 heavy (non-hydrogen) atoms. The quantitative estimate of drug-likeness (QED) is 0.393. The largest absolute Gasteiger partial charge is 0.462 e. The van der Waals surface area contributed by atoms with Crippen LogP contribution in [0.5, 0.6) is 0 Å². The van der Waals surface area contributed by atoms with Gasteiger partial charge in [-0.25, -0.2) is 4.79 Å². The molecule has 1 rings (SSSR count). The van der Waals surface area contributed by atoms with Crippen LogP contribution in [0.15, 0.2) is 11.1 Å². The highest BCUT2D eigenvalue weighted by atomic mass is 16.5. The van der Waals surface area contributed by atoms with Gasteiger partial charge in [-0.1, -0.05) is 0 Å². The van der Waals surface area contributed by atoms with Gasteiger partial charge in [-0.2, -0.15) is 5.26 Å². The summed E-state index contributed by atoms with van der Waals surface area (Å²) in [6, 6.07) is 1.89. The molecule has 0 aromatic heterocycles. The van der Waals surface area contributed by atoms with Gasteiger partial charge >= 0.3 is 5.97 Å². The van der Waals surface area contributed by atoms with Crippen LogP contribution in [0.3, 0.4) is 0 Å². The first-order valence-electron chi connectivity index (χ1n) is 4.93. The fourth-order valence-corrected chi connectivity index (χ4v) is 1.53. The number of nitriles is 1. The summed E-state index contributed by atoms with van der Waals surface area (Å²) in [6.07, 6.45) is 0.606. The molecule has 0 spiro atoms. The molecule has 0 amide bonds. The molecule has 4 heteroatoms. The van der Waals surface area contributed by atoms with Gasteiger partial charge in [0.2, 0.25) is 0 Å². The third-order valence-electron chi connectivity index (χ3n) is 2.22. The van der Waals surface area contributed by atoms with Crippen molar-refractivity contribution >= 4 is 5.97 Å². The van der Waals surface area contributed by atoms with E-state index in [1.807, 2.05) is 19.9 Å². The van der Waals surface area contributed by atoms with Crippen molar-refractivity contribution in [3.8, 4) is 6.07 Å². The molecule has 0 radical (unpaired) electrons. The summed E-state index contributed by atoms with van der Waals surface area (Å²) in [5.41, 5.74) is 0.549. The van der Waals surface area contributed by atoms with E-state index < -0.39 is 5.97 Å². The van der Waals surface area contributed by atoms with E-state index in [1.165, 1.54) is 0 Å². The molecule has 0 atom stereocenters. The van der Waals surface area contributed by atoms with E-state index in [0.717, 1.165) is 5.57 Å². The average Bonchev–Trinajstić information content (AvgIpc) is 2.48. The van der Waals surface area contributed by atoms with Crippen LogP contribution in [-0.4, -0.2) is 24.8 Å². The van der Waals surface area contributed by atoms with E-state index in [4.69, 9.17) is 14.7 Å². The minimum atomic E-state index is -0.545. The molecule has 82 valence electrons. The van der Waals surface area contributed by atoms with Crippen molar-refractivity contribution < 1.29 is 14.3 Å². The lowest BCUT2D eigenvalue weighted by molar-refractivity contribution is -0.138. The summed E-state index contributed by atoms with van der Waals surface area (Å²) in [6.45, 7) is 6.20. The number of rotatable bonds is 2. The highest BCUT2D eigenvalue weighted by Crippen LogP contribution is 2.30. The van der Waals surface area contributed by atoms with Gasteiger partial charge in [-0.15, -0.1) is 0 Å². The zero-order valence-corrected chi connectivity index (χ0v) is 9.29. The Morgan fingerprint density at radius 3 is 2.73 bits per heavy atom. The fourth-order valence-electron chi connectivity index (χ4n) is 1.53. The van der Waals surface area contributed by atoms with Gasteiger partial charge in [-0.3, -0.25) is 0 Å². The first-order valence-corrected chi connectivity index (χ1v) is 4.93. The molecule has 1 heterocycles. The van der Waals surface area contributed by atoms with Crippen LogP contribution in [0.1, 0.15) is 27.2 Å². The Hall–Kier alpha value is -1.34. The summed E-state index contributed by atoms with van der Waals surface area (Å²) in [7, 11) is 0. The molecule has 0 unspecified atom stereocenters.